The third kappa shape index (κ3) is 5.85. The van der Waals surface area contributed by atoms with Crippen molar-refractivity contribution in [3.05, 3.63) is 47.4 Å². The molecule has 0 saturated heterocycles. The summed E-state index contributed by atoms with van der Waals surface area (Å²) in [6, 6.07) is 5.26. The highest BCUT2D eigenvalue weighted by Gasteiger charge is 2.40. The molecule has 0 radical (unpaired) electrons. The van der Waals surface area contributed by atoms with Crippen molar-refractivity contribution in [3.63, 3.8) is 0 Å². The van der Waals surface area contributed by atoms with Crippen LogP contribution in [-0.2, 0) is 4.43 Å². The van der Waals surface area contributed by atoms with Crippen LogP contribution in [0.3, 0.4) is 0 Å². The molecule has 4 rings (SSSR count). The number of amides is 1. The summed E-state index contributed by atoms with van der Waals surface area (Å²) in [7, 11) is -0.245. The zero-order valence-electron chi connectivity index (χ0n) is 21.8. The van der Waals surface area contributed by atoms with Crippen molar-refractivity contribution in [2.75, 3.05) is 12.4 Å². The van der Waals surface area contributed by atoms with E-state index in [0.29, 0.717) is 33.4 Å². The Labute approximate surface area is 218 Å². The Hall–Kier alpha value is -2.62. The molecule has 3 aromatic rings. The predicted octanol–water partition coefficient (Wildman–Crippen LogP) is 6.36. The van der Waals surface area contributed by atoms with Crippen LogP contribution in [0, 0.1) is 0 Å². The first kappa shape index (κ1) is 26.4. The van der Waals surface area contributed by atoms with Gasteiger partial charge in [-0.05, 0) is 62.0 Å². The quantitative estimate of drug-likeness (QED) is 0.358. The number of halogens is 1. The fourth-order valence-corrected chi connectivity index (χ4v) is 5.65. The van der Waals surface area contributed by atoms with Gasteiger partial charge in [-0.1, -0.05) is 32.4 Å². The molecule has 2 aromatic heterocycles. The number of benzene rings is 1. The Morgan fingerprint density at radius 2 is 1.83 bits per heavy atom. The lowest BCUT2D eigenvalue weighted by molar-refractivity contribution is 0.0729. The number of aromatic nitrogens is 3. The molecule has 1 amide bonds. The van der Waals surface area contributed by atoms with E-state index >= 15 is 0 Å². The van der Waals surface area contributed by atoms with Gasteiger partial charge in [0.25, 0.3) is 5.91 Å². The lowest BCUT2D eigenvalue weighted by Gasteiger charge is -2.41. The number of nitrogens with zero attached hydrogens (tertiary/aromatic N) is 3. The molecular formula is C26H35ClN4O4Si. The molecule has 1 N–H and O–H groups in total. The van der Waals surface area contributed by atoms with Gasteiger partial charge in [0.2, 0.25) is 0 Å². The van der Waals surface area contributed by atoms with Crippen molar-refractivity contribution in [1.29, 1.82) is 0 Å². The number of hydrogen-bond donors (Lipinski definition) is 1. The van der Waals surface area contributed by atoms with Gasteiger partial charge in [0, 0.05) is 11.1 Å². The third-order valence-electron chi connectivity index (χ3n) is 7.19. The van der Waals surface area contributed by atoms with Crippen molar-refractivity contribution in [1.82, 2.24) is 14.6 Å². The van der Waals surface area contributed by atoms with Crippen molar-refractivity contribution in [2.24, 2.45) is 0 Å². The van der Waals surface area contributed by atoms with E-state index in [1.165, 1.54) is 10.7 Å². The average Bonchev–Trinajstić information content (AvgIpc) is 3.24. The van der Waals surface area contributed by atoms with Crippen LogP contribution in [0.1, 0.15) is 56.8 Å². The van der Waals surface area contributed by atoms with Crippen LogP contribution in [0.5, 0.6) is 11.5 Å². The van der Waals surface area contributed by atoms with E-state index in [1.54, 1.807) is 37.7 Å². The van der Waals surface area contributed by atoms with Gasteiger partial charge in [-0.25, -0.2) is 9.50 Å². The van der Waals surface area contributed by atoms with Gasteiger partial charge in [-0.2, -0.15) is 5.10 Å². The third-order valence-corrected chi connectivity index (χ3v) is 12.0. The lowest BCUT2D eigenvalue weighted by Crippen LogP contribution is -2.45. The normalized spacial score (nSPS) is 18.8. The average molecular weight is 531 g/mol. The summed E-state index contributed by atoms with van der Waals surface area (Å²) in [5, 5.41) is 7.85. The molecule has 0 unspecified atom stereocenters. The maximum atomic E-state index is 13.1. The highest BCUT2D eigenvalue weighted by Crippen LogP contribution is 2.40. The number of hydrogen-bond acceptors (Lipinski definition) is 6. The number of carbonyl (C=O) groups is 1. The van der Waals surface area contributed by atoms with Gasteiger partial charge >= 0.3 is 0 Å². The predicted molar refractivity (Wildman–Crippen MR) is 144 cm³/mol. The first-order valence-corrected chi connectivity index (χ1v) is 15.6. The Morgan fingerprint density at radius 3 is 2.50 bits per heavy atom. The lowest BCUT2D eigenvalue weighted by atomic mass is 9.95. The molecule has 0 aliphatic heterocycles. The van der Waals surface area contributed by atoms with Crippen LogP contribution in [0.2, 0.25) is 23.2 Å². The number of anilines is 1. The van der Waals surface area contributed by atoms with Gasteiger partial charge in [-0.3, -0.25) is 4.79 Å². The van der Waals surface area contributed by atoms with Crippen LogP contribution >= 0.6 is 11.6 Å². The van der Waals surface area contributed by atoms with E-state index in [0.717, 1.165) is 25.7 Å². The summed E-state index contributed by atoms with van der Waals surface area (Å²) in [5.74, 6) is 0.793. The largest absolute Gasteiger partial charge is 0.494 e. The van der Waals surface area contributed by atoms with Gasteiger partial charge in [0.15, 0.2) is 19.7 Å². The highest BCUT2D eigenvalue weighted by molar-refractivity contribution is 6.74. The fourth-order valence-electron chi connectivity index (χ4n) is 4.06. The monoisotopic (exact) mass is 530 g/mol. The molecule has 194 valence electrons. The Kier molecular flexibility index (Phi) is 7.63. The van der Waals surface area contributed by atoms with Crippen molar-refractivity contribution in [3.8, 4) is 11.5 Å². The van der Waals surface area contributed by atoms with Gasteiger partial charge in [0.05, 0.1) is 37.5 Å². The number of carbonyl (C=O) groups excluding carboxylic acids is 1. The van der Waals surface area contributed by atoms with E-state index in [1.807, 2.05) is 0 Å². The summed E-state index contributed by atoms with van der Waals surface area (Å²) in [6.07, 6.45) is 8.74. The van der Waals surface area contributed by atoms with Gasteiger partial charge < -0.3 is 19.2 Å². The Balaban J connectivity index is 1.43. The number of rotatable bonds is 7. The summed E-state index contributed by atoms with van der Waals surface area (Å²) in [5.41, 5.74) is 1.28. The van der Waals surface area contributed by atoms with Crippen molar-refractivity contribution >= 4 is 37.2 Å². The van der Waals surface area contributed by atoms with Gasteiger partial charge in [-0.15, -0.1) is 0 Å². The van der Waals surface area contributed by atoms with Crippen LogP contribution in [-0.4, -0.2) is 48.1 Å². The Bertz CT molecular complexity index is 1230. The van der Waals surface area contributed by atoms with E-state index in [2.05, 4.69) is 49.3 Å². The molecule has 1 fully saturated rings. The minimum atomic E-state index is -1.80. The first-order chi connectivity index (χ1) is 17.0. The number of ether oxygens (including phenoxy) is 2. The summed E-state index contributed by atoms with van der Waals surface area (Å²) in [4.78, 5) is 17.4. The number of nitrogens with one attached hydrogen (secondary N) is 1. The topological polar surface area (TPSA) is 87.0 Å². The number of methoxy groups -OCH3 is 1. The molecule has 8 nitrogen and oxygen atoms in total. The van der Waals surface area contributed by atoms with Crippen molar-refractivity contribution < 1.29 is 18.7 Å². The molecule has 1 saturated carbocycles. The standard InChI is InChI=1S/C26H35ClN4O4Si/c1-26(2,3)36(5,6)35-19-10-8-18(9-11-19)34-23-12-7-17(27)13-22(23)30-25(32)21-15-29-31-16-20(33-4)14-28-24(21)31/h7,12-16,18-19H,8-11H2,1-6H3,(H,30,32). The van der Waals surface area contributed by atoms with E-state index in [9.17, 15) is 4.79 Å². The minimum Gasteiger partial charge on any atom is -0.494 e. The maximum Gasteiger partial charge on any atom is 0.261 e. The van der Waals surface area contributed by atoms with Gasteiger partial charge in [0.1, 0.15) is 11.3 Å². The number of fused-ring (bicyclic) bond motifs is 1. The molecule has 1 aliphatic rings. The second-order valence-electron chi connectivity index (χ2n) is 10.8. The van der Waals surface area contributed by atoms with Crippen molar-refractivity contribution in [2.45, 2.75) is 76.8 Å². The molecule has 36 heavy (non-hydrogen) atoms. The summed E-state index contributed by atoms with van der Waals surface area (Å²) in [6.45, 7) is 11.4. The molecule has 0 atom stereocenters. The summed E-state index contributed by atoms with van der Waals surface area (Å²) < 4.78 is 19.6. The highest BCUT2D eigenvalue weighted by atomic mass is 35.5. The Morgan fingerprint density at radius 1 is 1.14 bits per heavy atom. The minimum absolute atomic E-state index is 0.0483. The first-order valence-electron chi connectivity index (χ1n) is 12.3. The molecule has 10 heteroatoms. The maximum absolute atomic E-state index is 13.1. The molecular weight excluding hydrogens is 496 g/mol. The molecule has 2 heterocycles. The fraction of sp³-hybridized carbons (Fsp3) is 0.500. The van der Waals surface area contributed by atoms with E-state index in [4.69, 9.17) is 25.5 Å². The zero-order chi connectivity index (χ0) is 26.1. The molecule has 1 aliphatic carbocycles. The second-order valence-corrected chi connectivity index (χ2v) is 16.0. The molecule has 0 spiro atoms. The summed E-state index contributed by atoms with van der Waals surface area (Å²) >= 11 is 6.25. The van der Waals surface area contributed by atoms with Crippen LogP contribution in [0.25, 0.3) is 5.65 Å². The molecule has 1 aromatic carbocycles. The van der Waals surface area contributed by atoms with Crippen LogP contribution in [0.15, 0.2) is 36.8 Å². The molecule has 0 bridgehead atoms. The van der Waals surface area contributed by atoms with E-state index in [-0.39, 0.29) is 23.2 Å². The second kappa shape index (κ2) is 10.4. The van der Waals surface area contributed by atoms with E-state index < -0.39 is 8.32 Å². The zero-order valence-corrected chi connectivity index (χ0v) is 23.6. The van der Waals surface area contributed by atoms with Crippen LogP contribution < -0.4 is 14.8 Å². The SMILES string of the molecule is COc1cnc2c(C(=O)Nc3cc(Cl)ccc3OC3CCC(O[Si](C)(C)C(C)(C)C)CC3)cnn2c1. The van der Waals surface area contributed by atoms with Crippen LogP contribution in [0.4, 0.5) is 5.69 Å². The smallest absolute Gasteiger partial charge is 0.261 e.